The maximum atomic E-state index is 6.16. The molecule has 2 nitrogen and oxygen atoms in total. The molecule has 3 saturated carbocycles. The minimum Gasteiger partial charge on any atom is -0.382 e. The number of allylic oxidation sites excluding steroid dienone is 1. The predicted molar refractivity (Wildman–Crippen MR) is 135 cm³/mol. The van der Waals surface area contributed by atoms with Crippen molar-refractivity contribution in [1.29, 1.82) is 0 Å². The lowest BCUT2D eigenvalue weighted by Gasteiger charge is -2.58. The number of rotatable bonds is 9. The highest BCUT2D eigenvalue weighted by atomic mass is 16.5. The summed E-state index contributed by atoms with van der Waals surface area (Å²) in [5, 5.41) is 0. The minimum atomic E-state index is 0.414. The average Bonchev–Trinajstić information content (AvgIpc) is 3.11. The molecule has 4 aliphatic rings. The maximum Gasteiger partial charge on any atom is 0.0704 e. The Kier molecular flexibility index (Phi) is 7.82. The molecule has 32 heavy (non-hydrogen) atoms. The fourth-order valence-corrected chi connectivity index (χ4v) is 9.09. The molecule has 184 valence electrons. The van der Waals surface area contributed by atoms with Gasteiger partial charge < -0.3 is 9.47 Å². The summed E-state index contributed by atoms with van der Waals surface area (Å²) in [6.45, 7) is 14.2. The van der Waals surface area contributed by atoms with Crippen LogP contribution in [0.25, 0.3) is 0 Å². The lowest BCUT2D eigenvalue weighted by molar-refractivity contribution is -0.0667. The van der Waals surface area contributed by atoms with Gasteiger partial charge in [-0.3, -0.25) is 0 Å². The van der Waals surface area contributed by atoms with Crippen LogP contribution in [0.2, 0.25) is 0 Å². The quantitative estimate of drug-likeness (QED) is 0.264. The van der Waals surface area contributed by atoms with E-state index < -0.39 is 0 Å². The number of hydrogen-bond donors (Lipinski definition) is 0. The molecule has 0 spiro atoms. The van der Waals surface area contributed by atoms with Crippen molar-refractivity contribution in [3.05, 3.63) is 11.6 Å². The van der Waals surface area contributed by atoms with E-state index in [0.29, 0.717) is 16.9 Å². The van der Waals surface area contributed by atoms with E-state index in [4.69, 9.17) is 9.47 Å². The molecule has 3 fully saturated rings. The number of hydrogen-bond acceptors (Lipinski definition) is 2. The van der Waals surface area contributed by atoms with Crippen molar-refractivity contribution in [3.8, 4) is 0 Å². The van der Waals surface area contributed by atoms with Crippen molar-refractivity contribution in [3.63, 3.8) is 0 Å². The van der Waals surface area contributed by atoms with Gasteiger partial charge in [0, 0.05) is 7.11 Å². The SMILES string of the molecule is COCCOC1CC[C@@]2(C)C(=CC[C@H]3[C@@H]4CC[C@H]([C@H](C)CCCC(C)C)[C@@]4(C)CC[C@@H]32)C1. The van der Waals surface area contributed by atoms with Crippen LogP contribution >= 0.6 is 0 Å². The molecule has 0 aromatic heterocycles. The zero-order valence-corrected chi connectivity index (χ0v) is 22.1. The van der Waals surface area contributed by atoms with Gasteiger partial charge in [-0.2, -0.15) is 0 Å². The van der Waals surface area contributed by atoms with Gasteiger partial charge in [0.2, 0.25) is 0 Å². The molecule has 0 amide bonds. The first-order chi connectivity index (χ1) is 15.3. The van der Waals surface area contributed by atoms with Crippen LogP contribution < -0.4 is 0 Å². The largest absolute Gasteiger partial charge is 0.382 e. The van der Waals surface area contributed by atoms with Gasteiger partial charge in [-0.1, -0.05) is 65.5 Å². The van der Waals surface area contributed by atoms with Crippen molar-refractivity contribution >= 4 is 0 Å². The van der Waals surface area contributed by atoms with Gasteiger partial charge in [0.1, 0.15) is 0 Å². The van der Waals surface area contributed by atoms with Crippen LogP contribution in [0.5, 0.6) is 0 Å². The fraction of sp³-hybridized carbons (Fsp3) is 0.933. The van der Waals surface area contributed by atoms with E-state index in [-0.39, 0.29) is 0 Å². The van der Waals surface area contributed by atoms with E-state index in [1.807, 2.05) is 0 Å². The van der Waals surface area contributed by atoms with Crippen LogP contribution in [0, 0.1) is 46.3 Å². The summed E-state index contributed by atoms with van der Waals surface area (Å²) in [4.78, 5) is 0. The molecule has 0 N–H and O–H groups in total. The van der Waals surface area contributed by atoms with E-state index in [2.05, 4.69) is 40.7 Å². The first-order valence-corrected chi connectivity index (χ1v) is 14.1. The summed E-state index contributed by atoms with van der Waals surface area (Å²) < 4.78 is 11.4. The molecule has 0 saturated heterocycles. The normalized spacial score (nSPS) is 42.2. The Labute approximate surface area is 199 Å². The van der Waals surface area contributed by atoms with Crippen molar-refractivity contribution in [2.24, 2.45) is 46.3 Å². The van der Waals surface area contributed by atoms with Gasteiger partial charge in [-0.05, 0) is 97.7 Å². The molecule has 0 heterocycles. The number of methoxy groups -OCH3 is 1. The van der Waals surface area contributed by atoms with Crippen LogP contribution in [0.4, 0.5) is 0 Å². The van der Waals surface area contributed by atoms with Gasteiger partial charge in [0.25, 0.3) is 0 Å². The molecule has 0 radical (unpaired) electrons. The van der Waals surface area contributed by atoms with Crippen molar-refractivity contribution in [2.45, 2.75) is 111 Å². The van der Waals surface area contributed by atoms with E-state index >= 15 is 0 Å². The number of fused-ring (bicyclic) bond motifs is 5. The summed E-state index contributed by atoms with van der Waals surface area (Å²) in [6.07, 6.45) is 18.4. The summed E-state index contributed by atoms with van der Waals surface area (Å²) in [7, 11) is 1.77. The van der Waals surface area contributed by atoms with Gasteiger partial charge >= 0.3 is 0 Å². The van der Waals surface area contributed by atoms with Crippen LogP contribution in [0.15, 0.2) is 11.6 Å². The Morgan fingerprint density at radius 1 is 0.969 bits per heavy atom. The third-order valence-corrected chi connectivity index (χ3v) is 10.9. The highest BCUT2D eigenvalue weighted by Crippen LogP contribution is 2.67. The zero-order chi connectivity index (χ0) is 22.9. The molecule has 4 aliphatic carbocycles. The Hall–Kier alpha value is -0.340. The summed E-state index contributed by atoms with van der Waals surface area (Å²) in [5.41, 5.74) is 2.78. The van der Waals surface area contributed by atoms with Crippen molar-refractivity contribution in [1.82, 2.24) is 0 Å². The van der Waals surface area contributed by atoms with Crippen LogP contribution in [-0.2, 0) is 9.47 Å². The molecule has 8 atom stereocenters. The monoisotopic (exact) mass is 444 g/mol. The van der Waals surface area contributed by atoms with E-state index in [0.717, 1.165) is 48.7 Å². The molecule has 0 aromatic rings. The molecule has 0 bridgehead atoms. The molecule has 0 aliphatic heterocycles. The summed E-state index contributed by atoms with van der Waals surface area (Å²) >= 11 is 0. The minimum absolute atomic E-state index is 0.414. The van der Waals surface area contributed by atoms with Crippen LogP contribution in [0.1, 0.15) is 105 Å². The highest BCUT2D eigenvalue weighted by Gasteiger charge is 2.59. The molecular weight excluding hydrogens is 392 g/mol. The number of ether oxygens (including phenoxy) is 2. The Balaban J connectivity index is 1.42. The molecular formula is C30H52O2. The second kappa shape index (κ2) is 10.1. The van der Waals surface area contributed by atoms with E-state index in [1.54, 1.807) is 12.7 Å². The first kappa shape index (κ1) is 24.8. The second-order valence-electron chi connectivity index (χ2n) is 13.0. The lowest BCUT2D eigenvalue weighted by Crippen LogP contribution is -2.51. The van der Waals surface area contributed by atoms with E-state index in [1.165, 1.54) is 70.6 Å². The molecule has 4 rings (SSSR count). The van der Waals surface area contributed by atoms with Crippen molar-refractivity contribution in [2.75, 3.05) is 20.3 Å². The van der Waals surface area contributed by atoms with Gasteiger partial charge in [0.15, 0.2) is 0 Å². The smallest absolute Gasteiger partial charge is 0.0704 e. The van der Waals surface area contributed by atoms with Gasteiger partial charge in [0.05, 0.1) is 19.3 Å². The topological polar surface area (TPSA) is 18.5 Å². The molecule has 2 heteroatoms. The third kappa shape index (κ3) is 4.61. The van der Waals surface area contributed by atoms with Gasteiger partial charge in [-0.15, -0.1) is 0 Å². The fourth-order valence-electron chi connectivity index (χ4n) is 9.09. The first-order valence-electron chi connectivity index (χ1n) is 14.1. The second-order valence-corrected chi connectivity index (χ2v) is 13.0. The zero-order valence-electron chi connectivity index (χ0n) is 22.1. The van der Waals surface area contributed by atoms with Crippen molar-refractivity contribution < 1.29 is 9.47 Å². The van der Waals surface area contributed by atoms with E-state index in [9.17, 15) is 0 Å². The van der Waals surface area contributed by atoms with Crippen LogP contribution in [0.3, 0.4) is 0 Å². The average molecular weight is 445 g/mol. The Morgan fingerprint density at radius 3 is 2.53 bits per heavy atom. The standard InChI is InChI=1S/C30H52O2/c1-21(2)8-7-9-22(3)26-12-13-27-25-11-10-23-20-24(32-19-18-31-6)14-16-29(23,4)28(25)15-17-30(26,27)5/h10,21-22,24-28H,7-9,11-20H2,1-6H3/t22-,24?,25+,26-,27+,28+,29+,30-/m1/s1. The van der Waals surface area contributed by atoms with Gasteiger partial charge in [-0.25, -0.2) is 0 Å². The molecule has 0 aromatic carbocycles. The predicted octanol–water partition coefficient (Wildman–Crippen LogP) is 8.06. The molecule has 1 unspecified atom stereocenters. The highest BCUT2D eigenvalue weighted by molar-refractivity contribution is 5.25. The Bertz CT molecular complexity index is 653. The van der Waals surface area contributed by atoms with Crippen LogP contribution in [-0.4, -0.2) is 26.4 Å². The summed E-state index contributed by atoms with van der Waals surface area (Å²) in [5.74, 6) is 5.53. The lowest BCUT2D eigenvalue weighted by atomic mass is 9.47. The maximum absolute atomic E-state index is 6.16. The third-order valence-electron chi connectivity index (χ3n) is 10.9. The summed E-state index contributed by atoms with van der Waals surface area (Å²) in [6, 6.07) is 0. The Morgan fingerprint density at radius 2 is 1.78 bits per heavy atom.